The Morgan fingerprint density at radius 3 is 2.36 bits per heavy atom. The van der Waals surface area contributed by atoms with E-state index in [4.69, 9.17) is 0 Å². The smallest absolute Gasteiger partial charge is 0.0155 e. The van der Waals surface area contributed by atoms with E-state index in [0.717, 1.165) is 6.04 Å². The van der Waals surface area contributed by atoms with Crippen molar-refractivity contribution >= 4 is 11.8 Å². The molecular formula is C12H27NS. The molecule has 86 valence electrons. The number of hydrogen-bond donors (Lipinski definition) is 1. The van der Waals surface area contributed by atoms with Gasteiger partial charge in [0.2, 0.25) is 0 Å². The molecule has 1 N–H and O–H groups in total. The van der Waals surface area contributed by atoms with Crippen LogP contribution in [-0.4, -0.2) is 24.6 Å². The monoisotopic (exact) mass is 217 g/mol. The fraction of sp³-hybridized carbons (Fsp3) is 1.00. The second-order valence-electron chi connectivity index (χ2n) is 3.85. The zero-order valence-corrected chi connectivity index (χ0v) is 11.0. The van der Waals surface area contributed by atoms with Crippen molar-refractivity contribution in [2.24, 2.45) is 0 Å². The molecule has 0 saturated carbocycles. The summed E-state index contributed by atoms with van der Waals surface area (Å²) in [5, 5.41) is 3.41. The lowest BCUT2D eigenvalue weighted by Gasteiger charge is -2.14. The first-order chi connectivity index (χ1) is 6.85. The lowest BCUT2D eigenvalue weighted by Crippen LogP contribution is -2.27. The molecule has 1 atom stereocenters. The Hall–Kier alpha value is 0.310. The van der Waals surface area contributed by atoms with Gasteiger partial charge in [-0.3, -0.25) is 0 Å². The molecule has 14 heavy (non-hydrogen) atoms. The van der Waals surface area contributed by atoms with E-state index < -0.39 is 0 Å². The van der Waals surface area contributed by atoms with E-state index in [1.165, 1.54) is 50.0 Å². The Morgan fingerprint density at radius 2 is 1.79 bits per heavy atom. The van der Waals surface area contributed by atoms with Gasteiger partial charge in [0.05, 0.1) is 0 Å². The summed E-state index contributed by atoms with van der Waals surface area (Å²) < 4.78 is 0. The van der Waals surface area contributed by atoms with E-state index in [-0.39, 0.29) is 0 Å². The molecule has 0 rings (SSSR count). The second kappa shape index (κ2) is 11.4. The van der Waals surface area contributed by atoms with Crippen LogP contribution in [0.4, 0.5) is 0 Å². The van der Waals surface area contributed by atoms with E-state index >= 15 is 0 Å². The van der Waals surface area contributed by atoms with Crippen molar-refractivity contribution in [3.8, 4) is 0 Å². The summed E-state index contributed by atoms with van der Waals surface area (Å²) in [6.45, 7) is 4.51. The molecule has 0 aromatic rings. The van der Waals surface area contributed by atoms with Crippen molar-refractivity contribution in [3.63, 3.8) is 0 Å². The van der Waals surface area contributed by atoms with Gasteiger partial charge >= 0.3 is 0 Å². The van der Waals surface area contributed by atoms with Crippen LogP contribution >= 0.6 is 11.8 Å². The molecule has 0 aliphatic heterocycles. The minimum Gasteiger partial charge on any atom is -0.316 e. The Morgan fingerprint density at radius 1 is 1.07 bits per heavy atom. The number of nitrogens with one attached hydrogen (secondary N) is 1. The average Bonchev–Trinajstić information content (AvgIpc) is 2.22. The summed E-state index contributed by atoms with van der Waals surface area (Å²) in [5.41, 5.74) is 0. The van der Waals surface area contributed by atoms with Gasteiger partial charge < -0.3 is 5.32 Å². The molecule has 0 fully saturated rings. The molecule has 0 radical (unpaired) electrons. The molecule has 0 aromatic heterocycles. The highest BCUT2D eigenvalue weighted by molar-refractivity contribution is 7.99. The van der Waals surface area contributed by atoms with Crippen LogP contribution in [0.1, 0.15) is 52.4 Å². The van der Waals surface area contributed by atoms with Gasteiger partial charge in [-0.15, -0.1) is 0 Å². The molecule has 0 bridgehead atoms. The van der Waals surface area contributed by atoms with Crippen LogP contribution in [0.3, 0.4) is 0 Å². The normalized spacial score (nSPS) is 13.1. The van der Waals surface area contributed by atoms with Crippen molar-refractivity contribution in [1.29, 1.82) is 0 Å². The van der Waals surface area contributed by atoms with Crippen LogP contribution in [0.25, 0.3) is 0 Å². The summed E-state index contributed by atoms with van der Waals surface area (Å²) >= 11 is 2.05. The molecular weight excluding hydrogens is 190 g/mol. The van der Waals surface area contributed by atoms with Gasteiger partial charge in [-0.2, -0.15) is 11.8 Å². The first-order valence-corrected chi connectivity index (χ1v) is 7.25. The van der Waals surface area contributed by atoms with Crippen molar-refractivity contribution in [1.82, 2.24) is 5.32 Å². The quantitative estimate of drug-likeness (QED) is 0.560. The first kappa shape index (κ1) is 14.3. The number of unbranched alkanes of at least 4 members (excludes halogenated alkanes) is 4. The molecule has 1 unspecified atom stereocenters. The summed E-state index contributed by atoms with van der Waals surface area (Å²) in [7, 11) is 2.09. The molecule has 1 nitrogen and oxygen atoms in total. The van der Waals surface area contributed by atoms with Crippen molar-refractivity contribution in [2.75, 3.05) is 18.6 Å². The van der Waals surface area contributed by atoms with Crippen LogP contribution in [-0.2, 0) is 0 Å². The zero-order chi connectivity index (χ0) is 10.6. The van der Waals surface area contributed by atoms with Crippen LogP contribution < -0.4 is 5.32 Å². The Labute approximate surface area is 94.4 Å². The lowest BCUT2D eigenvalue weighted by molar-refractivity contribution is 0.518. The molecule has 0 spiro atoms. The van der Waals surface area contributed by atoms with Crippen molar-refractivity contribution < 1.29 is 0 Å². The van der Waals surface area contributed by atoms with E-state index in [0.29, 0.717) is 0 Å². The van der Waals surface area contributed by atoms with Gasteiger partial charge in [-0.1, -0.05) is 46.0 Å². The molecule has 0 heterocycles. The van der Waals surface area contributed by atoms with Gasteiger partial charge in [0.1, 0.15) is 0 Å². The molecule has 0 aromatic carbocycles. The molecule has 2 heteroatoms. The minimum absolute atomic E-state index is 0.738. The maximum Gasteiger partial charge on any atom is 0.0155 e. The standard InChI is InChI=1S/C12H27NS/c1-4-6-7-8-9-10-12(13-3)11-14-5-2/h12-13H,4-11H2,1-3H3. The van der Waals surface area contributed by atoms with E-state index in [9.17, 15) is 0 Å². The maximum absolute atomic E-state index is 3.41. The molecule has 0 aliphatic carbocycles. The number of rotatable bonds is 10. The van der Waals surface area contributed by atoms with Gasteiger partial charge in [0.25, 0.3) is 0 Å². The number of thioether (sulfide) groups is 1. The van der Waals surface area contributed by atoms with Crippen molar-refractivity contribution in [3.05, 3.63) is 0 Å². The summed E-state index contributed by atoms with van der Waals surface area (Å²) in [5.74, 6) is 2.52. The van der Waals surface area contributed by atoms with Crippen LogP contribution in [0.5, 0.6) is 0 Å². The average molecular weight is 217 g/mol. The van der Waals surface area contributed by atoms with Crippen LogP contribution in [0.15, 0.2) is 0 Å². The number of hydrogen-bond acceptors (Lipinski definition) is 2. The fourth-order valence-corrected chi connectivity index (χ4v) is 2.42. The Balaban J connectivity index is 3.24. The zero-order valence-electron chi connectivity index (χ0n) is 10.1. The van der Waals surface area contributed by atoms with E-state index in [1.54, 1.807) is 0 Å². The molecule has 0 saturated heterocycles. The van der Waals surface area contributed by atoms with E-state index in [1.807, 2.05) is 11.8 Å². The maximum atomic E-state index is 3.41. The largest absolute Gasteiger partial charge is 0.316 e. The highest BCUT2D eigenvalue weighted by Gasteiger charge is 2.04. The molecule has 0 amide bonds. The predicted octanol–water partition coefficient (Wildman–Crippen LogP) is 3.69. The van der Waals surface area contributed by atoms with Gasteiger partial charge in [0.15, 0.2) is 0 Å². The lowest BCUT2D eigenvalue weighted by atomic mass is 10.1. The van der Waals surface area contributed by atoms with Gasteiger partial charge in [-0.25, -0.2) is 0 Å². The second-order valence-corrected chi connectivity index (χ2v) is 5.17. The fourth-order valence-electron chi connectivity index (χ4n) is 1.57. The highest BCUT2D eigenvalue weighted by atomic mass is 32.2. The minimum atomic E-state index is 0.738. The first-order valence-electron chi connectivity index (χ1n) is 6.10. The van der Waals surface area contributed by atoms with Gasteiger partial charge in [-0.05, 0) is 19.2 Å². The third kappa shape index (κ3) is 8.89. The van der Waals surface area contributed by atoms with E-state index in [2.05, 4.69) is 26.2 Å². The van der Waals surface area contributed by atoms with Gasteiger partial charge in [0, 0.05) is 11.8 Å². The Bertz CT molecular complexity index is 106. The topological polar surface area (TPSA) is 12.0 Å². The third-order valence-corrected chi connectivity index (χ3v) is 3.63. The van der Waals surface area contributed by atoms with Crippen LogP contribution in [0.2, 0.25) is 0 Å². The Kier molecular flexibility index (Phi) is 11.6. The summed E-state index contributed by atoms with van der Waals surface area (Å²) in [6, 6.07) is 0.738. The van der Waals surface area contributed by atoms with Crippen molar-refractivity contribution in [2.45, 2.75) is 58.4 Å². The highest BCUT2D eigenvalue weighted by Crippen LogP contribution is 2.10. The summed E-state index contributed by atoms with van der Waals surface area (Å²) in [6.07, 6.45) is 8.36. The predicted molar refractivity (Wildman–Crippen MR) is 69.2 cm³/mol. The SMILES string of the molecule is CCCCCCCC(CSCC)NC. The van der Waals surface area contributed by atoms with Crippen LogP contribution in [0, 0.1) is 0 Å². The third-order valence-electron chi connectivity index (χ3n) is 2.59. The molecule has 0 aliphatic rings. The summed E-state index contributed by atoms with van der Waals surface area (Å²) in [4.78, 5) is 0.